The van der Waals surface area contributed by atoms with Gasteiger partial charge in [-0.05, 0) is 81.8 Å². The van der Waals surface area contributed by atoms with Crippen molar-refractivity contribution in [3.8, 4) is 11.5 Å². The molecule has 1 aliphatic rings. The number of carbonyl (C=O) groups excluding carboxylic acids is 3. The van der Waals surface area contributed by atoms with Crippen LogP contribution >= 0.6 is 35.0 Å². The minimum absolute atomic E-state index is 0.0541. The molecule has 1 amide bonds. The van der Waals surface area contributed by atoms with Crippen molar-refractivity contribution < 1.29 is 28.6 Å². The first-order chi connectivity index (χ1) is 20.3. The van der Waals surface area contributed by atoms with Crippen LogP contribution in [0, 0.1) is 19.8 Å². The van der Waals surface area contributed by atoms with Crippen LogP contribution in [0.4, 0.5) is 4.79 Å². The maximum absolute atomic E-state index is 13.9. The number of esters is 1. The third kappa shape index (κ3) is 7.48. The van der Waals surface area contributed by atoms with E-state index in [2.05, 4.69) is 0 Å². The van der Waals surface area contributed by atoms with Crippen LogP contribution in [0.25, 0.3) is 0 Å². The van der Waals surface area contributed by atoms with Crippen molar-refractivity contribution in [3.05, 3.63) is 86.9 Å². The highest BCUT2D eigenvalue weighted by molar-refractivity contribution is 7.98. The van der Waals surface area contributed by atoms with Gasteiger partial charge in [-0.3, -0.25) is 4.79 Å². The lowest BCUT2D eigenvalue weighted by Crippen LogP contribution is -2.40. The minimum Gasteiger partial charge on any atom is -0.476 e. The topological polar surface area (TPSA) is 82.1 Å². The van der Waals surface area contributed by atoms with Crippen LogP contribution in [0.2, 0.25) is 10.0 Å². The Bertz CT molecular complexity index is 1500. The lowest BCUT2D eigenvalue weighted by molar-refractivity contribution is -0.158. The molecule has 3 aromatic rings. The van der Waals surface area contributed by atoms with Crippen LogP contribution in [0.1, 0.15) is 53.7 Å². The molecule has 228 valence electrons. The zero-order valence-corrected chi connectivity index (χ0v) is 27.4. The number of thioether (sulfide) groups is 1. The van der Waals surface area contributed by atoms with Gasteiger partial charge in [-0.15, -0.1) is 11.8 Å². The molecule has 43 heavy (non-hydrogen) atoms. The molecule has 1 aliphatic heterocycles. The second-order valence-electron chi connectivity index (χ2n) is 11.0. The lowest BCUT2D eigenvalue weighted by Gasteiger charge is -2.27. The molecule has 0 aromatic heterocycles. The number of nitrogens with zero attached hydrogens (tertiary/aromatic N) is 1. The number of rotatable bonds is 9. The van der Waals surface area contributed by atoms with Crippen molar-refractivity contribution in [1.82, 2.24) is 4.90 Å². The average Bonchev–Trinajstić information content (AvgIpc) is 3.42. The Hall–Kier alpha value is -3.20. The fraction of sp³-hybridized carbons (Fsp3) is 0.364. The van der Waals surface area contributed by atoms with E-state index in [1.807, 2.05) is 56.5 Å². The van der Waals surface area contributed by atoms with Crippen molar-refractivity contribution in [1.29, 1.82) is 0 Å². The second-order valence-corrected chi connectivity index (χ2v) is 12.7. The minimum atomic E-state index is -1.19. The molecule has 0 aliphatic carbocycles. The van der Waals surface area contributed by atoms with Crippen molar-refractivity contribution >= 4 is 52.8 Å². The van der Waals surface area contributed by atoms with Gasteiger partial charge in [0.25, 0.3) is 0 Å². The summed E-state index contributed by atoms with van der Waals surface area (Å²) in [6.07, 6.45) is 1.40. The molecule has 2 atom stereocenters. The molecule has 0 bridgehead atoms. The molecule has 10 heteroatoms. The number of benzene rings is 3. The number of ketones is 1. The zero-order chi connectivity index (χ0) is 31.5. The molecule has 0 N–H and O–H groups in total. The SMILES string of the molecule is CCOC(=O)C(C)(C)Oc1c(C)cc(C2CN(C(=O)Oc3ccc(Cl)c(Cl)c3)C[C@H]2C(=O)c2ccc(SC)cc2)cc1C. The summed E-state index contributed by atoms with van der Waals surface area (Å²) in [5.41, 5.74) is 1.89. The van der Waals surface area contributed by atoms with Crippen LogP contribution in [-0.2, 0) is 9.53 Å². The normalized spacial score (nSPS) is 16.6. The van der Waals surface area contributed by atoms with Crippen LogP contribution in [-0.4, -0.2) is 54.3 Å². The summed E-state index contributed by atoms with van der Waals surface area (Å²) in [5.74, 6) is -0.492. The van der Waals surface area contributed by atoms with Gasteiger partial charge in [0, 0.05) is 41.5 Å². The van der Waals surface area contributed by atoms with Gasteiger partial charge in [-0.1, -0.05) is 47.5 Å². The molecule has 0 radical (unpaired) electrons. The molecular formula is C33H35Cl2NO6S. The van der Waals surface area contributed by atoms with Crippen LogP contribution in [0.5, 0.6) is 11.5 Å². The average molecular weight is 645 g/mol. The van der Waals surface area contributed by atoms with Crippen molar-refractivity contribution in [2.45, 2.75) is 51.0 Å². The summed E-state index contributed by atoms with van der Waals surface area (Å²) in [6.45, 7) is 9.59. The van der Waals surface area contributed by atoms with Gasteiger partial charge in [0.15, 0.2) is 11.4 Å². The van der Waals surface area contributed by atoms with Crippen molar-refractivity contribution in [3.63, 3.8) is 0 Å². The Balaban J connectivity index is 1.65. The van der Waals surface area contributed by atoms with Gasteiger partial charge >= 0.3 is 12.1 Å². The number of halogens is 2. The molecule has 1 fully saturated rings. The number of aryl methyl sites for hydroxylation is 2. The third-order valence-electron chi connectivity index (χ3n) is 7.42. The first kappa shape index (κ1) is 32.7. The first-order valence-corrected chi connectivity index (χ1v) is 15.9. The number of ether oxygens (including phenoxy) is 3. The van der Waals surface area contributed by atoms with Gasteiger partial charge in [-0.2, -0.15) is 0 Å². The molecule has 0 spiro atoms. The fourth-order valence-corrected chi connectivity index (χ4v) is 5.89. The second kappa shape index (κ2) is 13.6. The Morgan fingerprint density at radius 1 is 0.953 bits per heavy atom. The van der Waals surface area contributed by atoms with E-state index < -0.39 is 23.6 Å². The van der Waals surface area contributed by atoms with E-state index in [0.29, 0.717) is 16.3 Å². The highest BCUT2D eigenvalue weighted by Crippen LogP contribution is 2.39. The highest BCUT2D eigenvalue weighted by atomic mass is 35.5. The number of amides is 1. The highest BCUT2D eigenvalue weighted by Gasteiger charge is 2.42. The summed E-state index contributed by atoms with van der Waals surface area (Å²) < 4.78 is 17.0. The molecular weight excluding hydrogens is 609 g/mol. The number of hydrogen-bond acceptors (Lipinski definition) is 7. The molecule has 0 saturated carbocycles. The Labute approximate surface area is 266 Å². The molecule has 4 rings (SSSR count). The first-order valence-electron chi connectivity index (χ1n) is 13.9. The Morgan fingerprint density at radius 2 is 1.60 bits per heavy atom. The van der Waals surface area contributed by atoms with Gasteiger partial charge in [-0.25, -0.2) is 9.59 Å². The largest absolute Gasteiger partial charge is 0.476 e. The number of Topliss-reactive ketones (excluding diaryl/α,β-unsaturated/α-hetero) is 1. The number of hydrogen-bond donors (Lipinski definition) is 0. The van der Waals surface area contributed by atoms with Gasteiger partial charge < -0.3 is 19.1 Å². The molecule has 1 saturated heterocycles. The maximum atomic E-state index is 13.9. The summed E-state index contributed by atoms with van der Waals surface area (Å²) >= 11 is 13.7. The Kier molecular flexibility index (Phi) is 10.4. The summed E-state index contributed by atoms with van der Waals surface area (Å²) in [6, 6.07) is 16.0. The van der Waals surface area contributed by atoms with E-state index in [1.54, 1.807) is 49.6 Å². The molecule has 7 nitrogen and oxygen atoms in total. The van der Waals surface area contributed by atoms with E-state index in [-0.39, 0.29) is 42.2 Å². The standard InChI is InChI=1S/C33H35Cl2NO6S/c1-7-40-31(38)33(4,5)42-30-19(2)14-22(15-20(30)3)25-17-36(32(39)41-23-10-13-27(34)28(35)16-23)18-26(25)29(37)21-8-11-24(43-6)12-9-21/h8-16,25-26H,7,17-18H2,1-6H3/t25?,26-/m1/s1. The van der Waals surface area contributed by atoms with Crippen molar-refractivity contribution in [2.24, 2.45) is 5.92 Å². The van der Waals surface area contributed by atoms with E-state index >= 15 is 0 Å². The monoisotopic (exact) mass is 643 g/mol. The van der Waals surface area contributed by atoms with E-state index in [4.69, 9.17) is 37.4 Å². The smallest absolute Gasteiger partial charge is 0.415 e. The third-order valence-corrected chi connectivity index (χ3v) is 8.90. The van der Waals surface area contributed by atoms with Crippen LogP contribution < -0.4 is 9.47 Å². The summed E-state index contributed by atoms with van der Waals surface area (Å²) in [4.78, 5) is 42.3. The van der Waals surface area contributed by atoms with Gasteiger partial charge in [0.05, 0.1) is 16.7 Å². The predicted molar refractivity (Wildman–Crippen MR) is 170 cm³/mol. The zero-order valence-electron chi connectivity index (χ0n) is 25.0. The lowest BCUT2D eigenvalue weighted by atomic mass is 9.82. The quantitative estimate of drug-likeness (QED) is 0.132. The molecule has 3 aromatic carbocycles. The van der Waals surface area contributed by atoms with Crippen LogP contribution in [0.3, 0.4) is 0 Å². The fourth-order valence-electron chi connectivity index (χ4n) is 5.19. The summed E-state index contributed by atoms with van der Waals surface area (Å²) in [5, 5.41) is 0.622. The number of carbonyl (C=O) groups is 3. The summed E-state index contributed by atoms with van der Waals surface area (Å²) in [7, 11) is 0. The predicted octanol–water partition coefficient (Wildman–Crippen LogP) is 8.15. The van der Waals surface area contributed by atoms with Crippen molar-refractivity contribution in [2.75, 3.05) is 26.0 Å². The van der Waals surface area contributed by atoms with E-state index in [1.165, 1.54) is 6.07 Å². The Morgan fingerprint density at radius 3 is 2.19 bits per heavy atom. The molecule has 1 unspecified atom stereocenters. The van der Waals surface area contributed by atoms with Gasteiger partial charge in [0.1, 0.15) is 11.5 Å². The van der Waals surface area contributed by atoms with E-state index in [0.717, 1.165) is 21.6 Å². The number of likely N-dealkylation sites (tertiary alicyclic amines) is 1. The van der Waals surface area contributed by atoms with E-state index in [9.17, 15) is 14.4 Å². The van der Waals surface area contributed by atoms with Gasteiger partial charge in [0.2, 0.25) is 0 Å². The molecule has 1 heterocycles. The van der Waals surface area contributed by atoms with Crippen LogP contribution in [0.15, 0.2) is 59.5 Å². The maximum Gasteiger partial charge on any atom is 0.415 e.